The lowest BCUT2D eigenvalue weighted by Crippen LogP contribution is -2.38. The number of nitrogens with zero attached hydrogens (tertiary/aromatic N) is 2. The zero-order chi connectivity index (χ0) is 26.3. The van der Waals surface area contributed by atoms with E-state index in [9.17, 15) is 22.8 Å². The predicted octanol–water partition coefficient (Wildman–Crippen LogP) is 4.01. The summed E-state index contributed by atoms with van der Waals surface area (Å²) in [4.78, 5) is 32.8. The van der Waals surface area contributed by atoms with Crippen LogP contribution in [0.25, 0.3) is 0 Å². The summed E-state index contributed by atoms with van der Waals surface area (Å²) in [5.41, 5.74) is 8.37. The van der Waals surface area contributed by atoms with Crippen molar-refractivity contribution in [1.29, 1.82) is 0 Å². The van der Waals surface area contributed by atoms with Crippen LogP contribution in [0.3, 0.4) is 0 Å². The zero-order valence-corrected chi connectivity index (χ0v) is 20.5. The second kappa shape index (κ2) is 11.7. The van der Waals surface area contributed by atoms with Crippen molar-refractivity contribution in [2.75, 3.05) is 12.0 Å². The van der Waals surface area contributed by atoms with Crippen LogP contribution >= 0.6 is 0 Å². The van der Waals surface area contributed by atoms with Gasteiger partial charge in [0.1, 0.15) is 23.9 Å². The summed E-state index contributed by atoms with van der Waals surface area (Å²) in [6.45, 7) is 2.81. The molecule has 2 aromatic heterocycles. The molecule has 0 radical (unpaired) electrons. The number of anilines is 1. The van der Waals surface area contributed by atoms with E-state index in [4.69, 9.17) is 5.11 Å². The van der Waals surface area contributed by atoms with E-state index in [1.54, 1.807) is 13.0 Å². The van der Waals surface area contributed by atoms with Gasteiger partial charge in [0, 0.05) is 24.2 Å². The average Bonchev–Trinajstić information content (AvgIpc) is 3.30. The molecule has 1 amide bonds. The Labute approximate surface area is 208 Å². The lowest BCUT2D eigenvalue weighted by Gasteiger charge is -2.36. The van der Waals surface area contributed by atoms with Gasteiger partial charge < -0.3 is 15.8 Å². The SMILES string of the molecule is CC(=O)C1(c2nc(C)ccc2CCC(=O)NCC(F)(F)F)CCCCC1.Oc1cnc2c(c1)CNN2. The number of Topliss-reactive ketones (excluding diaryl/α,β-unsaturated/α-hetero) is 1. The Morgan fingerprint density at radius 2 is 1.92 bits per heavy atom. The molecule has 36 heavy (non-hydrogen) atoms. The number of carbonyl (C=O) groups excluding carboxylic acids is 2. The van der Waals surface area contributed by atoms with E-state index < -0.39 is 24.0 Å². The number of amides is 1. The van der Waals surface area contributed by atoms with Gasteiger partial charge in [-0.25, -0.2) is 10.4 Å². The molecule has 2 aromatic rings. The Bertz CT molecular complexity index is 1090. The monoisotopic (exact) mass is 507 g/mol. The summed E-state index contributed by atoms with van der Waals surface area (Å²) in [5.74, 6) is 0.425. The fraction of sp³-hybridized carbons (Fsp3) is 0.520. The van der Waals surface area contributed by atoms with Gasteiger partial charge in [0.25, 0.3) is 0 Å². The van der Waals surface area contributed by atoms with Gasteiger partial charge in [0.2, 0.25) is 5.91 Å². The topological polar surface area (TPSA) is 116 Å². The quantitative estimate of drug-likeness (QED) is 0.467. The second-order valence-electron chi connectivity index (χ2n) is 9.23. The number of carbonyl (C=O) groups is 2. The Kier molecular flexibility index (Phi) is 8.89. The van der Waals surface area contributed by atoms with Gasteiger partial charge in [-0.05, 0) is 50.8 Å². The molecule has 8 nitrogen and oxygen atoms in total. The Morgan fingerprint density at radius 1 is 1.19 bits per heavy atom. The number of aromatic nitrogens is 2. The minimum absolute atomic E-state index is 0.0677. The molecule has 0 aromatic carbocycles. The van der Waals surface area contributed by atoms with E-state index in [1.165, 1.54) is 6.20 Å². The summed E-state index contributed by atoms with van der Waals surface area (Å²) in [6.07, 6.45) is 1.62. The van der Waals surface area contributed by atoms with Crippen LogP contribution in [0.15, 0.2) is 24.4 Å². The molecule has 3 heterocycles. The Hall–Kier alpha value is -3.21. The number of hydrogen-bond acceptors (Lipinski definition) is 7. The third kappa shape index (κ3) is 7.16. The molecule has 1 aliphatic heterocycles. The molecule has 0 saturated heterocycles. The standard InChI is InChI=1S/C19H25F3N2O2.C6H7N3O/c1-13-6-7-15(8-9-16(26)23-12-19(20,21)22)17(24-13)18(14(2)25)10-4-3-5-11-18;10-5-1-4-2-8-9-6(4)7-3-5/h6-7H,3-5,8-12H2,1-2H3,(H,23,26);1,3,8,10H,2H2,(H,7,9). The number of nitrogens with one attached hydrogen (secondary N) is 3. The fourth-order valence-corrected chi connectivity index (χ4v) is 4.62. The van der Waals surface area contributed by atoms with Crippen molar-refractivity contribution in [3.8, 4) is 5.75 Å². The summed E-state index contributed by atoms with van der Waals surface area (Å²) >= 11 is 0. The first-order valence-electron chi connectivity index (χ1n) is 12.0. The van der Waals surface area contributed by atoms with Crippen LogP contribution in [-0.4, -0.2) is 39.5 Å². The molecule has 196 valence electrons. The Balaban J connectivity index is 0.000000297. The lowest BCUT2D eigenvalue weighted by molar-refractivity contribution is -0.138. The van der Waals surface area contributed by atoms with E-state index in [2.05, 4.69) is 20.8 Å². The van der Waals surface area contributed by atoms with Crippen molar-refractivity contribution in [2.24, 2.45) is 0 Å². The number of fused-ring (bicyclic) bond motifs is 1. The van der Waals surface area contributed by atoms with Crippen molar-refractivity contribution in [3.05, 3.63) is 46.9 Å². The highest BCUT2D eigenvalue weighted by Crippen LogP contribution is 2.41. The first-order chi connectivity index (χ1) is 17.0. The van der Waals surface area contributed by atoms with Gasteiger partial charge in [-0.15, -0.1) is 0 Å². The predicted molar refractivity (Wildman–Crippen MR) is 128 cm³/mol. The molecule has 0 spiro atoms. The normalized spacial score (nSPS) is 16.2. The summed E-state index contributed by atoms with van der Waals surface area (Å²) in [6, 6.07) is 5.34. The number of alkyl halides is 3. The average molecular weight is 508 g/mol. The highest BCUT2D eigenvalue weighted by atomic mass is 19.4. The maximum absolute atomic E-state index is 12.5. The number of ketones is 1. The van der Waals surface area contributed by atoms with Gasteiger partial charge in [-0.2, -0.15) is 13.2 Å². The van der Waals surface area contributed by atoms with Crippen LogP contribution in [0.4, 0.5) is 19.0 Å². The van der Waals surface area contributed by atoms with Crippen LogP contribution in [0.5, 0.6) is 5.75 Å². The van der Waals surface area contributed by atoms with Gasteiger partial charge in [-0.3, -0.25) is 14.6 Å². The van der Waals surface area contributed by atoms with Crippen molar-refractivity contribution >= 4 is 17.5 Å². The molecule has 2 aliphatic rings. The van der Waals surface area contributed by atoms with E-state index in [1.807, 2.05) is 24.4 Å². The molecule has 1 fully saturated rings. The number of aromatic hydroxyl groups is 1. The highest BCUT2D eigenvalue weighted by molar-refractivity contribution is 5.88. The van der Waals surface area contributed by atoms with Crippen LogP contribution in [-0.2, 0) is 28.0 Å². The molecule has 0 bridgehead atoms. The van der Waals surface area contributed by atoms with E-state index in [-0.39, 0.29) is 24.4 Å². The summed E-state index contributed by atoms with van der Waals surface area (Å²) in [7, 11) is 0. The van der Waals surface area contributed by atoms with Crippen molar-refractivity contribution in [1.82, 2.24) is 20.7 Å². The van der Waals surface area contributed by atoms with E-state index >= 15 is 0 Å². The van der Waals surface area contributed by atoms with Gasteiger partial charge in [-0.1, -0.05) is 25.3 Å². The molecule has 4 N–H and O–H groups in total. The van der Waals surface area contributed by atoms with E-state index in [0.717, 1.165) is 61.3 Å². The largest absolute Gasteiger partial charge is 0.506 e. The lowest BCUT2D eigenvalue weighted by atomic mass is 9.67. The Morgan fingerprint density at radius 3 is 2.58 bits per heavy atom. The first kappa shape index (κ1) is 27.4. The minimum atomic E-state index is -4.42. The smallest absolute Gasteiger partial charge is 0.405 e. The number of aryl methyl sites for hydroxylation is 2. The molecule has 0 unspecified atom stereocenters. The van der Waals surface area contributed by atoms with Crippen LogP contribution in [0, 0.1) is 6.92 Å². The molecule has 4 rings (SSSR count). The third-order valence-electron chi connectivity index (χ3n) is 6.50. The molecule has 1 saturated carbocycles. The number of halogens is 3. The first-order valence-corrected chi connectivity index (χ1v) is 12.0. The van der Waals surface area contributed by atoms with Gasteiger partial charge in [0.05, 0.1) is 17.3 Å². The highest BCUT2D eigenvalue weighted by Gasteiger charge is 2.41. The van der Waals surface area contributed by atoms with Crippen LogP contribution < -0.4 is 16.2 Å². The zero-order valence-electron chi connectivity index (χ0n) is 20.5. The summed E-state index contributed by atoms with van der Waals surface area (Å²) in [5, 5.41) is 10.9. The number of rotatable bonds is 6. The maximum Gasteiger partial charge on any atom is 0.405 e. The van der Waals surface area contributed by atoms with Crippen molar-refractivity contribution in [3.63, 3.8) is 0 Å². The number of hydrogen-bond donors (Lipinski definition) is 4. The molecule has 0 atom stereocenters. The third-order valence-corrected chi connectivity index (χ3v) is 6.50. The van der Waals surface area contributed by atoms with Crippen LogP contribution in [0.2, 0.25) is 0 Å². The summed E-state index contributed by atoms with van der Waals surface area (Å²) < 4.78 is 36.6. The fourth-order valence-electron chi connectivity index (χ4n) is 4.62. The molecular weight excluding hydrogens is 475 g/mol. The van der Waals surface area contributed by atoms with Gasteiger partial charge >= 0.3 is 6.18 Å². The second-order valence-corrected chi connectivity index (χ2v) is 9.23. The van der Waals surface area contributed by atoms with E-state index in [0.29, 0.717) is 5.69 Å². The molecule has 11 heteroatoms. The maximum atomic E-state index is 12.5. The van der Waals surface area contributed by atoms with Crippen LogP contribution in [0.1, 0.15) is 68.0 Å². The minimum Gasteiger partial charge on any atom is -0.506 e. The molecule has 1 aliphatic carbocycles. The van der Waals surface area contributed by atoms with Gasteiger partial charge in [0.15, 0.2) is 0 Å². The van der Waals surface area contributed by atoms with Crippen molar-refractivity contribution < 1.29 is 27.9 Å². The molecular formula is C25H32F3N5O3. The number of pyridine rings is 2. The van der Waals surface area contributed by atoms with Crippen molar-refractivity contribution in [2.45, 2.75) is 76.9 Å². The number of hydrazine groups is 1.